The van der Waals surface area contributed by atoms with Crippen molar-refractivity contribution in [3.8, 4) is 11.5 Å². The van der Waals surface area contributed by atoms with Crippen LogP contribution in [0.15, 0.2) is 52.3 Å². The molecular weight excluding hydrogens is 330 g/mol. The number of hydrogen-bond donors (Lipinski definition) is 0. The molecule has 3 aromatic heterocycles. The molecule has 120 valence electrons. The average molecular weight is 342 g/mol. The smallest absolute Gasteiger partial charge is 0.264 e. The lowest BCUT2D eigenvalue weighted by molar-refractivity contribution is 0.571. The second-order valence-electron chi connectivity index (χ2n) is 5.34. The Balaban J connectivity index is 1.67. The third kappa shape index (κ3) is 2.48. The van der Waals surface area contributed by atoms with Gasteiger partial charge in [0.2, 0.25) is 5.89 Å². The van der Waals surface area contributed by atoms with Crippen molar-refractivity contribution in [2.45, 2.75) is 6.54 Å². The Kier molecular flexibility index (Phi) is 3.42. The normalized spacial score (nSPS) is 11.2. The van der Waals surface area contributed by atoms with E-state index < -0.39 is 0 Å². The van der Waals surface area contributed by atoms with Crippen LogP contribution in [0.5, 0.6) is 0 Å². The molecule has 24 heavy (non-hydrogen) atoms. The van der Waals surface area contributed by atoms with Crippen LogP contribution in [0.3, 0.4) is 0 Å². The van der Waals surface area contributed by atoms with Crippen LogP contribution < -0.4 is 5.56 Å². The summed E-state index contributed by atoms with van der Waals surface area (Å²) in [7, 11) is 1.74. The largest absolute Gasteiger partial charge is 0.444 e. The summed E-state index contributed by atoms with van der Waals surface area (Å²) in [5.41, 5.74) is 1.79. The first-order chi connectivity index (χ1) is 11.6. The summed E-state index contributed by atoms with van der Waals surface area (Å²) >= 11 is 5.98. The van der Waals surface area contributed by atoms with Gasteiger partial charge < -0.3 is 4.42 Å². The number of aryl methyl sites for hydroxylation is 1. The minimum Gasteiger partial charge on any atom is -0.444 e. The van der Waals surface area contributed by atoms with E-state index >= 15 is 0 Å². The Labute approximate surface area is 141 Å². The van der Waals surface area contributed by atoms with Crippen molar-refractivity contribution in [2.75, 3.05) is 0 Å². The highest BCUT2D eigenvalue weighted by Gasteiger charge is 2.11. The van der Waals surface area contributed by atoms with E-state index in [1.807, 2.05) is 12.1 Å². The maximum atomic E-state index is 12.5. The zero-order chi connectivity index (χ0) is 16.7. The zero-order valence-electron chi connectivity index (χ0n) is 12.7. The Morgan fingerprint density at radius 2 is 2.21 bits per heavy atom. The molecule has 8 heteroatoms. The summed E-state index contributed by atoms with van der Waals surface area (Å²) in [6.45, 7) is 0.265. The summed E-state index contributed by atoms with van der Waals surface area (Å²) < 4.78 is 8.53. The van der Waals surface area contributed by atoms with Crippen LogP contribution in [-0.2, 0) is 13.6 Å². The fourth-order valence-corrected chi connectivity index (χ4v) is 2.68. The van der Waals surface area contributed by atoms with Crippen molar-refractivity contribution in [2.24, 2.45) is 7.05 Å². The minimum atomic E-state index is -0.166. The Bertz CT molecular complexity index is 1100. The number of hydrogen-bond acceptors (Lipinski definition) is 5. The van der Waals surface area contributed by atoms with Crippen LogP contribution in [-0.4, -0.2) is 24.3 Å². The summed E-state index contributed by atoms with van der Waals surface area (Å²) in [5, 5.41) is 5.13. The molecule has 3 heterocycles. The number of rotatable bonds is 3. The molecule has 0 amide bonds. The van der Waals surface area contributed by atoms with E-state index in [4.69, 9.17) is 16.0 Å². The van der Waals surface area contributed by atoms with Crippen LogP contribution in [0.2, 0.25) is 5.02 Å². The van der Waals surface area contributed by atoms with E-state index in [1.54, 1.807) is 23.9 Å². The van der Waals surface area contributed by atoms with Gasteiger partial charge in [0.25, 0.3) is 5.56 Å². The van der Waals surface area contributed by atoms with E-state index in [-0.39, 0.29) is 12.1 Å². The number of fused-ring (bicyclic) bond motifs is 1. The maximum Gasteiger partial charge on any atom is 0.264 e. The lowest BCUT2D eigenvalue weighted by Gasteiger charge is -2.02. The third-order valence-electron chi connectivity index (χ3n) is 3.67. The molecule has 0 N–H and O–H groups in total. The van der Waals surface area contributed by atoms with E-state index in [9.17, 15) is 4.79 Å². The molecule has 0 aliphatic carbocycles. The molecule has 0 bridgehead atoms. The first-order valence-electron chi connectivity index (χ1n) is 7.19. The summed E-state index contributed by atoms with van der Waals surface area (Å²) in [5.74, 6) is 0.455. The molecule has 0 aliphatic heterocycles. The monoisotopic (exact) mass is 341 g/mol. The molecule has 0 unspecified atom stereocenters. The second-order valence-corrected chi connectivity index (χ2v) is 5.77. The van der Waals surface area contributed by atoms with E-state index in [1.165, 1.54) is 23.4 Å². The maximum absolute atomic E-state index is 12.5. The van der Waals surface area contributed by atoms with Crippen LogP contribution in [0, 0.1) is 0 Å². The second kappa shape index (κ2) is 5.61. The lowest BCUT2D eigenvalue weighted by Crippen LogP contribution is -2.21. The predicted molar refractivity (Wildman–Crippen MR) is 88.8 cm³/mol. The molecule has 0 atom stereocenters. The van der Waals surface area contributed by atoms with Crippen LogP contribution >= 0.6 is 11.6 Å². The first kappa shape index (κ1) is 14.6. The van der Waals surface area contributed by atoms with E-state index in [0.29, 0.717) is 27.6 Å². The number of oxazole rings is 1. The number of benzene rings is 1. The minimum absolute atomic E-state index is 0.166. The molecule has 0 saturated heterocycles. The van der Waals surface area contributed by atoms with Gasteiger partial charge in [-0.15, -0.1) is 0 Å². The van der Waals surface area contributed by atoms with Crippen LogP contribution in [0.25, 0.3) is 22.5 Å². The van der Waals surface area contributed by atoms with Gasteiger partial charge in [0.1, 0.15) is 18.0 Å². The van der Waals surface area contributed by atoms with Crippen molar-refractivity contribution < 1.29 is 4.42 Å². The topological polar surface area (TPSA) is 78.7 Å². The van der Waals surface area contributed by atoms with E-state index in [0.717, 1.165) is 5.56 Å². The van der Waals surface area contributed by atoms with Gasteiger partial charge in [0, 0.05) is 17.6 Å². The van der Waals surface area contributed by atoms with Gasteiger partial charge in [-0.25, -0.2) is 9.97 Å². The predicted octanol–water partition coefficient (Wildman–Crippen LogP) is 2.49. The summed E-state index contributed by atoms with van der Waals surface area (Å²) in [6, 6.07) is 7.24. The number of halogens is 1. The van der Waals surface area contributed by atoms with Crippen molar-refractivity contribution in [1.82, 2.24) is 24.3 Å². The molecule has 4 aromatic rings. The highest BCUT2D eigenvalue weighted by Crippen LogP contribution is 2.22. The fourth-order valence-electron chi connectivity index (χ4n) is 2.49. The Morgan fingerprint density at radius 1 is 1.33 bits per heavy atom. The SMILES string of the molecule is Cn1ncc2c(=O)n(Cc3coc(-c4cccc(Cl)c4)n3)cnc21. The van der Waals surface area contributed by atoms with Gasteiger partial charge in [0.15, 0.2) is 5.65 Å². The quantitative estimate of drug-likeness (QED) is 0.572. The zero-order valence-corrected chi connectivity index (χ0v) is 13.4. The van der Waals surface area contributed by atoms with Crippen molar-refractivity contribution >= 4 is 22.6 Å². The molecule has 0 fully saturated rings. The number of aromatic nitrogens is 5. The van der Waals surface area contributed by atoms with Crippen molar-refractivity contribution in [1.29, 1.82) is 0 Å². The molecule has 0 spiro atoms. The van der Waals surface area contributed by atoms with Gasteiger partial charge in [-0.2, -0.15) is 5.10 Å². The van der Waals surface area contributed by atoms with Gasteiger partial charge in [0.05, 0.1) is 18.4 Å². The molecule has 1 aromatic carbocycles. The van der Waals surface area contributed by atoms with Gasteiger partial charge in [-0.3, -0.25) is 14.0 Å². The highest BCUT2D eigenvalue weighted by molar-refractivity contribution is 6.30. The number of nitrogens with zero attached hydrogens (tertiary/aromatic N) is 5. The Morgan fingerprint density at radius 3 is 3.04 bits per heavy atom. The average Bonchev–Trinajstić information content (AvgIpc) is 3.18. The molecule has 0 aliphatic rings. The molecule has 7 nitrogen and oxygen atoms in total. The lowest BCUT2D eigenvalue weighted by atomic mass is 10.2. The Hall–Kier alpha value is -2.93. The fraction of sp³-hybridized carbons (Fsp3) is 0.125. The molecule has 0 saturated carbocycles. The van der Waals surface area contributed by atoms with Gasteiger partial charge >= 0.3 is 0 Å². The van der Waals surface area contributed by atoms with Crippen molar-refractivity contribution in [3.63, 3.8) is 0 Å². The van der Waals surface area contributed by atoms with Gasteiger partial charge in [-0.05, 0) is 18.2 Å². The highest BCUT2D eigenvalue weighted by atomic mass is 35.5. The third-order valence-corrected chi connectivity index (χ3v) is 3.91. The standard InChI is InChI=1S/C16H12ClN5O2/c1-21-14-13(6-19-21)16(23)22(9-18-14)7-12-8-24-15(20-12)10-3-2-4-11(17)5-10/h2-6,8-9H,7H2,1H3. The molecule has 4 rings (SSSR count). The van der Waals surface area contributed by atoms with Crippen LogP contribution in [0.4, 0.5) is 0 Å². The first-order valence-corrected chi connectivity index (χ1v) is 7.57. The molecular formula is C16H12ClN5O2. The van der Waals surface area contributed by atoms with E-state index in [2.05, 4.69) is 15.1 Å². The van der Waals surface area contributed by atoms with Crippen LogP contribution in [0.1, 0.15) is 5.69 Å². The summed E-state index contributed by atoms with van der Waals surface area (Å²) in [4.78, 5) is 21.1. The van der Waals surface area contributed by atoms with Crippen molar-refractivity contribution in [3.05, 3.63) is 64.1 Å². The summed E-state index contributed by atoms with van der Waals surface area (Å²) in [6.07, 6.45) is 4.53. The molecule has 0 radical (unpaired) electrons. The van der Waals surface area contributed by atoms with Gasteiger partial charge in [-0.1, -0.05) is 17.7 Å².